The standard InChI is InChI=1S/C16H16Br2O/c17-15-5-1-12(2-6-15)9-14(11-19)10-13-3-7-16(18)8-4-13/h1-8,14,19H,9-11H2. The van der Waals surface area contributed by atoms with Crippen molar-refractivity contribution in [3.8, 4) is 0 Å². The Hall–Kier alpha value is -0.640. The van der Waals surface area contributed by atoms with Crippen LogP contribution in [0, 0.1) is 5.92 Å². The summed E-state index contributed by atoms with van der Waals surface area (Å²) in [7, 11) is 0. The van der Waals surface area contributed by atoms with E-state index in [0.717, 1.165) is 21.8 Å². The highest BCUT2D eigenvalue weighted by molar-refractivity contribution is 9.10. The molecule has 0 aliphatic rings. The summed E-state index contributed by atoms with van der Waals surface area (Å²) in [5.41, 5.74) is 2.53. The maximum atomic E-state index is 9.54. The second-order valence-electron chi connectivity index (χ2n) is 4.71. The molecule has 1 N–H and O–H groups in total. The normalized spacial score (nSPS) is 10.9. The molecular formula is C16H16Br2O. The third-order valence-corrected chi connectivity index (χ3v) is 4.19. The molecule has 0 aromatic heterocycles. The van der Waals surface area contributed by atoms with Crippen molar-refractivity contribution in [1.29, 1.82) is 0 Å². The highest BCUT2D eigenvalue weighted by Crippen LogP contribution is 2.18. The number of rotatable bonds is 5. The first-order chi connectivity index (χ1) is 9.17. The van der Waals surface area contributed by atoms with E-state index in [4.69, 9.17) is 0 Å². The lowest BCUT2D eigenvalue weighted by atomic mass is 9.93. The molecule has 1 nitrogen and oxygen atoms in total. The van der Waals surface area contributed by atoms with Gasteiger partial charge in [0.1, 0.15) is 0 Å². The van der Waals surface area contributed by atoms with Crippen molar-refractivity contribution in [1.82, 2.24) is 0 Å². The van der Waals surface area contributed by atoms with Gasteiger partial charge in [-0.25, -0.2) is 0 Å². The molecule has 19 heavy (non-hydrogen) atoms. The Bertz CT molecular complexity index is 458. The molecule has 0 aliphatic carbocycles. The van der Waals surface area contributed by atoms with Crippen molar-refractivity contribution in [3.05, 3.63) is 68.6 Å². The summed E-state index contributed by atoms with van der Waals surface area (Å²) < 4.78 is 2.18. The quantitative estimate of drug-likeness (QED) is 0.799. The van der Waals surface area contributed by atoms with E-state index in [1.54, 1.807) is 0 Å². The summed E-state index contributed by atoms with van der Waals surface area (Å²) in [6.07, 6.45) is 1.81. The average Bonchev–Trinajstić information content (AvgIpc) is 2.43. The van der Waals surface area contributed by atoms with Gasteiger partial charge < -0.3 is 5.11 Å². The summed E-state index contributed by atoms with van der Waals surface area (Å²) in [5, 5.41) is 9.54. The number of aliphatic hydroxyl groups is 1. The SMILES string of the molecule is OCC(Cc1ccc(Br)cc1)Cc1ccc(Br)cc1. The molecule has 0 fully saturated rings. The summed E-state index contributed by atoms with van der Waals surface area (Å²) in [4.78, 5) is 0. The van der Waals surface area contributed by atoms with Crippen LogP contribution < -0.4 is 0 Å². The van der Waals surface area contributed by atoms with Crippen molar-refractivity contribution in [2.45, 2.75) is 12.8 Å². The predicted octanol–water partition coefficient (Wildman–Crippen LogP) is 4.61. The number of benzene rings is 2. The van der Waals surface area contributed by atoms with Crippen LogP contribution in [0.15, 0.2) is 57.5 Å². The van der Waals surface area contributed by atoms with Gasteiger partial charge in [-0.05, 0) is 54.2 Å². The molecule has 0 unspecified atom stereocenters. The van der Waals surface area contributed by atoms with Gasteiger partial charge in [-0.1, -0.05) is 56.1 Å². The fraction of sp³-hybridized carbons (Fsp3) is 0.250. The maximum absolute atomic E-state index is 9.54. The molecule has 0 heterocycles. The van der Waals surface area contributed by atoms with Crippen LogP contribution in [0.25, 0.3) is 0 Å². The summed E-state index contributed by atoms with van der Waals surface area (Å²) in [5.74, 6) is 0.266. The molecule has 0 amide bonds. The summed E-state index contributed by atoms with van der Waals surface area (Å²) in [6, 6.07) is 16.6. The summed E-state index contributed by atoms with van der Waals surface area (Å²) >= 11 is 6.87. The minimum atomic E-state index is 0.214. The fourth-order valence-corrected chi connectivity index (χ4v) is 2.64. The second-order valence-corrected chi connectivity index (χ2v) is 6.54. The van der Waals surface area contributed by atoms with E-state index < -0.39 is 0 Å². The Kier molecular flexibility index (Phi) is 5.61. The smallest absolute Gasteiger partial charge is 0.0465 e. The van der Waals surface area contributed by atoms with E-state index in [0.29, 0.717) is 0 Å². The molecule has 0 bridgehead atoms. The van der Waals surface area contributed by atoms with E-state index in [1.165, 1.54) is 11.1 Å². The minimum absolute atomic E-state index is 0.214. The molecular weight excluding hydrogens is 368 g/mol. The van der Waals surface area contributed by atoms with Crippen molar-refractivity contribution in [2.24, 2.45) is 5.92 Å². The zero-order valence-electron chi connectivity index (χ0n) is 10.5. The second kappa shape index (κ2) is 7.22. The molecule has 2 aromatic rings. The molecule has 0 aliphatic heterocycles. The van der Waals surface area contributed by atoms with Gasteiger partial charge in [-0.15, -0.1) is 0 Å². The zero-order chi connectivity index (χ0) is 13.7. The molecule has 2 aromatic carbocycles. The molecule has 3 heteroatoms. The van der Waals surface area contributed by atoms with Gasteiger partial charge in [-0.2, -0.15) is 0 Å². The van der Waals surface area contributed by atoms with Gasteiger partial charge in [0, 0.05) is 15.6 Å². The third kappa shape index (κ3) is 4.75. The first-order valence-electron chi connectivity index (χ1n) is 6.27. The van der Waals surface area contributed by atoms with Gasteiger partial charge in [0.2, 0.25) is 0 Å². The van der Waals surface area contributed by atoms with Crippen LogP contribution in [0.5, 0.6) is 0 Å². The third-order valence-electron chi connectivity index (χ3n) is 3.13. The number of hydrogen-bond acceptors (Lipinski definition) is 1. The minimum Gasteiger partial charge on any atom is -0.396 e. The Labute approximate surface area is 130 Å². The average molecular weight is 384 g/mol. The van der Waals surface area contributed by atoms with E-state index in [2.05, 4.69) is 56.1 Å². The molecule has 2 rings (SSSR count). The lowest BCUT2D eigenvalue weighted by molar-refractivity contribution is 0.225. The van der Waals surface area contributed by atoms with Gasteiger partial charge in [0.05, 0.1) is 0 Å². The fourth-order valence-electron chi connectivity index (χ4n) is 2.11. The topological polar surface area (TPSA) is 20.2 Å². The van der Waals surface area contributed by atoms with Crippen LogP contribution in [-0.4, -0.2) is 11.7 Å². The lowest BCUT2D eigenvalue weighted by Gasteiger charge is -2.14. The number of halogens is 2. The van der Waals surface area contributed by atoms with E-state index in [-0.39, 0.29) is 12.5 Å². The first-order valence-corrected chi connectivity index (χ1v) is 7.85. The van der Waals surface area contributed by atoms with Crippen LogP contribution in [0.2, 0.25) is 0 Å². The molecule has 0 radical (unpaired) electrons. The van der Waals surface area contributed by atoms with E-state index in [1.807, 2.05) is 24.3 Å². The lowest BCUT2D eigenvalue weighted by Crippen LogP contribution is -2.12. The highest BCUT2D eigenvalue weighted by Gasteiger charge is 2.10. The van der Waals surface area contributed by atoms with Gasteiger partial charge in [0.15, 0.2) is 0 Å². The van der Waals surface area contributed by atoms with Gasteiger partial charge in [-0.3, -0.25) is 0 Å². The largest absolute Gasteiger partial charge is 0.396 e. The maximum Gasteiger partial charge on any atom is 0.0465 e. The monoisotopic (exact) mass is 382 g/mol. The summed E-state index contributed by atoms with van der Waals surface area (Å²) in [6.45, 7) is 0.214. The number of hydrogen-bond donors (Lipinski definition) is 1. The zero-order valence-corrected chi connectivity index (χ0v) is 13.7. The van der Waals surface area contributed by atoms with Crippen molar-refractivity contribution >= 4 is 31.9 Å². The van der Waals surface area contributed by atoms with Crippen LogP contribution in [0.1, 0.15) is 11.1 Å². The number of aliphatic hydroxyl groups excluding tert-OH is 1. The van der Waals surface area contributed by atoms with Crippen molar-refractivity contribution in [2.75, 3.05) is 6.61 Å². The molecule has 0 atom stereocenters. The Morgan fingerprint density at radius 1 is 0.737 bits per heavy atom. The molecule has 100 valence electrons. The molecule has 0 saturated carbocycles. The van der Waals surface area contributed by atoms with Crippen molar-refractivity contribution in [3.63, 3.8) is 0 Å². The van der Waals surface area contributed by atoms with Gasteiger partial charge in [0.25, 0.3) is 0 Å². The van der Waals surface area contributed by atoms with Gasteiger partial charge >= 0.3 is 0 Å². The molecule has 0 saturated heterocycles. The van der Waals surface area contributed by atoms with Crippen LogP contribution in [0.4, 0.5) is 0 Å². The van der Waals surface area contributed by atoms with Crippen molar-refractivity contribution < 1.29 is 5.11 Å². The van der Waals surface area contributed by atoms with Crippen LogP contribution in [-0.2, 0) is 12.8 Å². The van der Waals surface area contributed by atoms with Crippen LogP contribution in [0.3, 0.4) is 0 Å². The first kappa shape index (κ1) is 14.8. The van der Waals surface area contributed by atoms with E-state index in [9.17, 15) is 5.11 Å². The van der Waals surface area contributed by atoms with E-state index >= 15 is 0 Å². The Morgan fingerprint density at radius 2 is 1.11 bits per heavy atom. The predicted molar refractivity (Wildman–Crippen MR) is 86.3 cm³/mol. The van der Waals surface area contributed by atoms with Crippen LogP contribution >= 0.6 is 31.9 Å². The molecule has 0 spiro atoms. The Morgan fingerprint density at radius 3 is 1.42 bits per heavy atom. The highest BCUT2D eigenvalue weighted by atomic mass is 79.9. The Balaban J connectivity index is 2.00.